The van der Waals surface area contributed by atoms with Gasteiger partial charge in [0.2, 0.25) is 5.91 Å². The number of aromatic hydroxyl groups is 1. The molecule has 0 radical (unpaired) electrons. The summed E-state index contributed by atoms with van der Waals surface area (Å²) < 4.78 is 0. The number of carbonyl (C=O) groups is 2. The number of hydrogen-bond acceptors (Lipinski definition) is 4. The van der Waals surface area contributed by atoms with Gasteiger partial charge in [0.25, 0.3) is 5.91 Å². The standard InChI is InChI=1S/C25H24N2O3S/c28-22-14-8-7-13-21(22)24(29)26-15-17-27(18-16-26)25(30)23(19-9-3-1-4-10-19)31-20-11-5-2-6-12-20/h1-14,23,28H,15-18H2. The Hall–Kier alpha value is -3.25. The van der Waals surface area contributed by atoms with Crippen molar-refractivity contribution in [1.82, 2.24) is 9.80 Å². The number of thioether (sulfide) groups is 1. The first-order chi connectivity index (χ1) is 15.1. The van der Waals surface area contributed by atoms with Crippen LogP contribution in [0.15, 0.2) is 89.8 Å². The van der Waals surface area contributed by atoms with Gasteiger partial charge < -0.3 is 14.9 Å². The van der Waals surface area contributed by atoms with Gasteiger partial charge in [0.05, 0.1) is 5.56 Å². The van der Waals surface area contributed by atoms with Crippen molar-refractivity contribution < 1.29 is 14.7 Å². The highest BCUT2D eigenvalue weighted by Gasteiger charge is 2.31. The molecule has 5 nitrogen and oxygen atoms in total. The molecule has 158 valence electrons. The second-order valence-corrected chi connectivity index (χ2v) is 8.53. The quantitative estimate of drug-likeness (QED) is 0.614. The van der Waals surface area contributed by atoms with Crippen LogP contribution in [-0.4, -0.2) is 52.9 Å². The lowest BCUT2D eigenvalue weighted by Crippen LogP contribution is -2.51. The first-order valence-corrected chi connectivity index (χ1v) is 11.1. The van der Waals surface area contributed by atoms with E-state index < -0.39 is 0 Å². The summed E-state index contributed by atoms with van der Waals surface area (Å²) in [6, 6.07) is 26.3. The van der Waals surface area contributed by atoms with Gasteiger partial charge in [0.15, 0.2) is 0 Å². The fourth-order valence-corrected chi connectivity index (χ4v) is 4.77. The van der Waals surface area contributed by atoms with E-state index in [1.54, 1.807) is 34.9 Å². The minimum atomic E-state index is -0.344. The van der Waals surface area contributed by atoms with Gasteiger partial charge in [0, 0.05) is 31.1 Å². The van der Waals surface area contributed by atoms with E-state index in [0.29, 0.717) is 31.7 Å². The maximum Gasteiger partial charge on any atom is 0.257 e. The minimum absolute atomic E-state index is 0.0191. The highest BCUT2D eigenvalue weighted by Crippen LogP contribution is 2.37. The zero-order chi connectivity index (χ0) is 21.6. The Labute approximate surface area is 186 Å². The molecule has 0 saturated carbocycles. The molecule has 3 aromatic carbocycles. The monoisotopic (exact) mass is 432 g/mol. The molecule has 0 spiro atoms. The SMILES string of the molecule is O=C(c1ccccc1O)N1CCN(C(=O)C(Sc2ccccc2)c2ccccc2)CC1. The average Bonchev–Trinajstić information content (AvgIpc) is 2.83. The third-order valence-corrected chi connectivity index (χ3v) is 6.59. The molecular weight excluding hydrogens is 408 g/mol. The molecular formula is C25H24N2O3S. The van der Waals surface area contributed by atoms with Crippen molar-refractivity contribution in [2.45, 2.75) is 10.1 Å². The molecule has 1 N–H and O–H groups in total. The third kappa shape index (κ3) is 4.91. The molecule has 2 amide bonds. The summed E-state index contributed by atoms with van der Waals surface area (Å²) >= 11 is 1.54. The number of amides is 2. The highest BCUT2D eigenvalue weighted by atomic mass is 32.2. The normalized spacial score (nSPS) is 14.8. The van der Waals surface area contributed by atoms with Gasteiger partial charge in [-0.25, -0.2) is 0 Å². The predicted molar refractivity (Wildman–Crippen MR) is 122 cm³/mol. The number of nitrogens with zero attached hydrogens (tertiary/aromatic N) is 2. The molecule has 1 heterocycles. The van der Waals surface area contributed by atoms with Crippen LogP contribution < -0.4 is 0 Å². The van der Waals surface area contributed by atoms with E-state index in [4.69, 9.17) is 0 Å². The van der Waals surface area contributed by atoms with Crippen LogP contribution in [0.2, 0.25) is 0 Å². The molecule has 0 bridgehead atoms. The van der Waals surface area contributed by atoms with E-state index in [-0.39, 0.29) is 22.8 Å². The van der Waals surface area contributed by atoms with E-state index in [1.165, 1.54) is 6.07 Å². The minimum Gasteiger partial charge on any atom is -0.507 e. The van der Waals surface area contributed by atoms with Crippen molar-refractivity contribution in [3.05, 3.63) is 96.1 Å². The number of benzene rings is 3. The van der Waals surface area contributed by atoms with Crippen LogP contribution in [0.5, 0.6) is 5.75 Å². The molecule has 1 fully saturated rings. The zero-order valence-corrected chi connectivity index (χ0v) is 17.9. The van der Waals surface area contributed by atoms with Crippen LogP contribution in [-0.2, 0) is 4.79 Å². The molecule has 1 aliphatic rings. The van der Waals surface area contributed by atoms with Crippen molar-refractivity contribution in [1.29, 1.82) is 0 Å². The number of hydrogen-bond donors (Lipinski definition) is 1. The Bertz CT molecular complexity index is 1030. The van der Waals surface area contributed by atoms with Crippen molar-refractivity contribution in [2.75, 3.05) is 26.2 Å². The number of phenols is 1. The van der Waals surface area contributed by atoms with Crippen molar-refractivity contribution in [2.24, 2.45) is 0 Å². The summed E-state index contributed by atoms with van der Waals surface area (Å²) in [6.07, 6.45) is 0. The molecule has 6 heteroatoms. The van der Waals surface area contributed by atoms with Crippen molar-refractivity contribution in [3.63, 3.8) is 0 Å². The number of rotatable bonds is 5. The van der Waals surface area contributed by atoms with E-state index in [2.05, 4.69) is 0 Å². The molecule has 1 atom stereocenters. The number of carbonyl (C=O) groups excluding carboxylic acids is 2. The molecule has 1 saturated heterocycles. The number of piperazine rings is 1. The van der Waals surface area contributed by atoms with Crippen molar-refractivity contribution >= 4 is 23.6 Å². The smallest absolute Gasteiger partial charge is 0.257 e. The van der Waals surface area contributed by atoms with Crippen LogP contribution in [0.1, 0.15) is 21.2 Å². The Morgan fingerprint density at radius 2 is 1.29 bits per heavy atom. The second kappa shape index (κ2) is 9.71. The Kier molecular flexibility index (Phi) is 6.57. The number of para-hydroxylation sites is 1. The van der Waals surface area contributed by atoms with E-state index in [9.17, 15) is 14.7 Å². The maximum absolute atomic E-state index is 13.5. The van der Waals surface area contributed by atoms with Gasteiger partial charge in [-0.15, -0.1) is 11.8 Å². The molecule has 4 rings (SSSR count). The lowest BCUT2D eigenvalue weighted by atomic mass is 10.1. The molecule has 31 heavy (non-hydrogen) atoms. The summed E-state index contributed by atoms with van der Waals surface area (Å²) in [4.78, 5) is 30.8. The van der Waals surface area contributed by atoms with E-state index in [0.717, 1.165) is 10.5 Å². The van der Waals surface area contributed by atoms with Crippen LogP contribution >= 0.6 is 11.8 Å². The number of phenolic OH excluding ortho intramolecular Hbond substituents is 1. The predicted octanol–water partition coefficient (Wildman–Crippen LogP) is 4.21. The fraction of sp³-hybridized carbons (Fsp3) is 0.200. The largest absolute Gasteiger partial charge is 0.507 e. The molecule has 0 aromatic heterocycles. The van der Waals surface area contributed by atoms with Gasteiger partial charge in [-0.05, 0) is 29.8 Å². The lowest BCUT2D eigenvalue weighted by Gasteiger charge is -2.36. The van der Waals surface area contributed by atoms with Gasteiger partial charge >= 0.3 is 0 Å². The molecule has 0 aliphatic carbocycles. The van der Waals surface area contributed by atoms with Crippen LogP contribution in [0, 0.1) is 0 Å². The van der Waals surface area contributed by atoms with Gasteiger partial charge in [-0.2, -0.15) is 0 Å². The summed E-state index contributed by atoms with van der Waals surface area (Å²) in [5, 5.41) is 9.63. The average molecular weight is 433 g/mol. The van der Waals surface area contributed by atoms with E-state index in [1.807, 2.05) is 65.6 Å². The lowest BCUT2D eigenvalue weighted by molar-refractivity contribution is -0.132. The maximum atomic E-state index is 13.5. The summed E-state index contributed by atoms with van der Waals surface area (Å²) in [6.45, 7) is 1.82. The molecule has 1 unspecified atom stereocenters. The zero-order valence-electron chi connectivity index (χ0n) is 17.1. The highest BCUT2D eigenvalue weighted by molar-refractivity contribution is 8.00. The van der Waals surface area contributed by atoms with Gasteiger partial charge in [-0.3, -0.25) is 9.59 Å². The summed E-state index contributed by atoms with van der Waals surface area (Å²) in [5.74, 6) is -0.174. The Morgan fingerprint density at radius 1 is 0.742 bits per heavy atom. The summed E-state index contributed by atoms with van der Waals surface area (Å²) in [5.41, 5.74) is 1.26. The van der Waals surface area contributed by atoms with Crippen LogP contribution in [0.4, 0.5) is 0 Å². The fourth-order valence-electron chi connectivity index (χ4n) is 3.64. The Balaban J connectivity index is 1.46. The molecule has 3 aromatic rings. The second-order valence-electron chi connectivity index (χ2n) is 7.36. The molecule has 1 aliphatic heterocycles. The van der Waals surface area contributed by atoms with Crippen LogP contribution in [0.3, 0.4) is 0 Å². The first kappa shape index (κ1) is 21.0. The third-order valence-electron chi connectivity index (χ3n) is 5.34. The Morgan fingerprint density at radius 3 is 1.94 bits per heavy atom. The summed E-state index contributed by atoms with van der Waals surface area (Å²) in [7, 11) is 0. The van der Waals surface area contributed by atoms with Gasteiger partial charge in [-0.1, -0.05) is 60.7 Å². The first-order valence-electron chi connectivity index (χ1n) is 10.3. The van der Waals surface area contributed by atoms with E-state index >= 15 is 0 Å². The van der Waals surface area contributed by atoms with Crippen molar-refractivity contribution in [3.8, 4) is 5.75 Å². The topological polar surface area (TPSA) is 60.9 Å². The van der Waals surface area contributed by atoms with Gasteiger partial charge in [0.1, 0.15) is 11.0 Å². The van der Waals surface area contributed by atoms with Crippen LogP contribution in [0.25, 0.3) is 0 Å².